The van der Waals surface area contributed by atoms with Crippen LogP contribution in [-0.2, 0) is 19.1 Å². The molecule has 0 saturated heterocycles. The lowest BCUT2D eigenvalue weighted by Crippen LogP contribution is -2.33. The number of carbonyl (C=O) groups excluding carboxylic acids is 3. The van der Waals surface area contributed by atoms with Gasteiger partial charge in [0, 0.05) is 10.9 Å². The number of benzene rings is 2. The number of rotatable bonds is 6. The zero-order chi connectivity index (χ0) is 21.7. The van der Waals surface area contributed by atoms with E-state index in [0.717, 1.165) is 16.7 Å². The number of aryl methyl sites for hydroxylation is 2. The molecule has 30 heavy (non-hydrogen) atoms. The number of methoxy groups -OCH3 is 1. The van der Waals surface area contributed by atoms with Crippen LogP contribution in [0.25, 0.3) is 22.2 Å². The number of para-hydroxylation sites is 1. The number of hydrogen-bond donors (Lipinski definition) is 1. The van der Waals surface area contributed by atoms with E-state index < -0.39 is 24.5 Å². The highest BCUT2D eigenvalue weighted by molar-refractivity contribution is 6.05. The SMILES string of the molecule is COC(=O)CNC(=O)COC(=O)c1cc(-c2ccc(C)cc2C)nc2ccccc12. The number of esters is 2. The van der Waals surface area contributed by atoms with Gasteiger partial charge >= 0.3 is 11.9 Å². The molecule has 3 rings (SSSR count). The monoisotopic (exact) mass is 406 g/mol. The van der Waals surface area contributed by atoms with E-state index in [-0.39, 0.29) is 6.54 Å². The van der Waals surface area contributed by atoms with Crippen LogP contribution in [0.1, 0.15) is 21.5 Å². The number of ether oxygens (including phenoxy) is 2. The Morgan fingerprint density at radius 2 is 1.80 bits per heavy atom. The molecule has 0 aliphatic heterocycles. The van der Waals surface area contributed by atoms with Crippen molar-refractivity contribution in [3.63, 3.8) is 0 Å². The number of amides is 1. The van der Waals surface area contributed by atoms with Gasteiger partial charge in [0.05, 0.1) is 23.9 Å². The Bertz CT molecular complexity index is 1120. The smallest absolute Gasteiger partial charge is 0.339 e. The second-order valence-corrected chi connectivity index (χ2v) is 6.82. The molecule has 0 atom stereocenters. The van der Waals surface area contributed by atoms with Gasteiger partial charge in [0.25, 0.3) is 5.91 Å². The van der Waals surface area contributed by atoms with Crippen LogP contribution in [0, 0.1) is 13.8 Å². The summed E-state index contributed by atoms with van der Waals surface area (Å²) in [6.45, 7) is 3.20. The van der Waals surface area contributed by atoms with Gasteiger partial charge in [-0.2, -0.15) is 0 Å². The van der Waals surface area contributed by atoms with E-state index >= 15 is 0 Å². The molecule has 1 heterocycles. The predicted octanol–water partition coefficient (Wildman–Crippen LogP) is 2.96. The van der Waals surface area contributed by atoms with Crippen molar-refractivity contribution in [2.75, 3.05) is 20.3 Å². The fourth-order valence-corrected chi connectivity index (χ4v) is 3.09. The van der Waals surface area contributed by atoms with Gasteiger partial charge in [-0.3, -0.25) is 9.59 Å². The van der Waals surface area contributed by atoms with E-state index in [9.17, 15) is 14.4 Å². The van der Waals surface area contributed by atoms with Crippen molar-refractivity contribution in [2.24, 2.45) is 0 Å². The van der Waals surface area contributed by atoms with E-state index in [1.165, 1.54) is 7.11 Å². The van der Waals surface area contributed by atoms with Crippen molar-refractivity contribution < 1.29 is 23.9 Å². The Kier molecular flexibility index (Phi) is 6.41. The van der Waals surface area contributed by atoms with Gasteiger partial charge in [0.15, 0.2) is 6.61 Å². The van der Waals surface area contributed by atoms with E-state index in [1.807, 2.05) is 38.1 Å². The molecule has 2 aromatic carbocycles. The fraction of sp³-hybridized carbons (Fsp3) is 0.217. The molecule has 0 aliphatic rings. The first-order chi connectivity index (χ1) is 14.4. The molecule has 0 bridgehead atoms. The molecule has 154 valence electrons. The number of nitrogens with one attached hydrogen (secondary N) is 1. The number of hydrogen-bond acceptors (Lipinski definition) is 6. The van der Waals surface area contributed by atoms with Gasteiger partial charge in [-0.1, -0.05) is 42.0 Å². The molecule has 7 heteroatoms. The average Bonchev–Trinajstić information content (AvgIpc) is 2.74. The molecular weight excluding hydrogens is 384 g/mol. The summed E-state index contributed by atoms with van der Waals surface area (Å²) in [6.07, 6.45) is 0. The van der Waals surface area contributed by atoms with Crippen LogP contribution in [0.15, 0.2) is 48.5 Å². The minimum atomic E-state index is -0.646. The zero-order valence-electron chi connectivity index (χ0n) is 17.0. The summed E-state index contributed by atoms with van der Waals surface area (Å²) >= 11 is 0. The number of fused-ring (bicyclic) bond motifs is 1. The predicted molar refractivity (Wildman–Crippen MR) is 112 cm³/mol. The number of carbonyl (C=O) groups is 3. The maximum absolute atomic E-state index is 12.8. The summed E-state index contributed by atoms with van der Waals surface area (Å²) in [7, 11) is 1.22. The van der Waals surface area contributed by atoms with Crippen LogP contribution in [-0.4, -0.2) is 43.1 Å². The molecule has 0 spiro atoms. The lowest BCUT2D eigenvalue weighted by atomic mass is 9.99. The molecule has 1 aromatic heterocycles. The van der Waals surface area contributed by atoms with Gasteiger partial charge in [0.2, 0.25) is 0 Å². The van der Waals surface area contributed by atoms with Gasteiger partial charge in [-0.05, 0) is 31.5 Å². The largest absolute Gasteiger partial charge is 0.468 e. The summed E-state index contributed by atoms with van der Waals surface area (Å²) in [5.74, 6) is -1.83. The molecule has 0 fully saturated rings. The molecule has 0 aliphatic carbocycles. The summed E-state index contributed by atoms with van der Waals surface area (Å²) in [4.78, 5) is 40.4. The van der Waals surface area contributed by atoms with Crippen molar-refractivity contribution >= 4 is 28.7 Å². The van der Waals surface area contributed by atoms with Crippen LogP contribution in [0.4, 0.5) is 0 Å². The summed E-state index contributed by atoms with van der Waals surface area (Å²) < 4.78 is 9.62. The van der Waals surface area contributed by atoms with Crippen molar-refractivity contribution in [3.8, 4) is 11.3 Å². The lowest BCUT2D eigenvalue weighted by Gasteiger charge is -2.12. The summed E-state index contributed by atoms with van der Waals surface area (Å²) in [5, 5.41) is 2.95. The first-order valence-electron chi connectivity index (χ1n) is 9.37. The van der Waals surface area contributed by atoms with Gasteiger partial charge in [0.1, 0.15) is 6.54 Å². The molecular formula is C23H22N2O5. The molecule has 7 nitrogen and oxygen atoms in total. The van der Waals surface area contributed by atoms with Crippen LogP contribution in [0.5, 0.6) is 0 Å². The van der Waals surface area contributed by atoms with Gasteiger partial charge in [-0.15, -0.1) is 0 Å². The van der Waals surface area contributed by atoms with Crippen LogP contribution in [0.2, 0.25) is 0 Å². The molecule has 0 saturated carbocycles. The van der Waals surface area contributed by atoms with Crippen molar-refractivity contribution in [1.29, 1.82) is 0 Å². The van der Waals surface area contributed by atoms with Crippen LogP contribution in [0.3, 0.4) is 0 Å². The zero-order valence-corrected chi connectivity index (χ0v) is 17.0. The lowest BCUT2D eigenvalue weighted by molar-refractivity contribution is -0.141. The van der Waals surface area contributed by atoms with E-state index in [1.54, 1.807) is 18.2 Å². The Labute approximate surface area is 174 Å². The minimum Gasteiger partial charge on any atom is -0.468 e. The maximum atomic E-state index is 12.8. The summed E-state index contributed by atoms with van der Waals surface area (Å²) in [5.41, 5.74) is 4.70. The molecule has 1 amide bonds. The highest BCUT2D eigenvalue weighted by Crippen LogP contribution is 2.28. The van der Waals surface area contributed by atoms with Gasteiger partial charge < -0.3 is 14.8 Å². The third-order valence-corrected chi connectivity index (χ3v) is 4.59. The maximum Gasteiger partial charge on any atom is 0.339 e. The number of nitrogens with zero attached hydrogens (tertiary/aromatic N) is 1. The minimum absolute atomic E-state index is 0.290. The van der Waals surface area contributed by atoms with Crippen molar-refractivity contribution in [1.82, 2.24) is 10.3 Å². The van der Waals surface area contributed by atoms with Gasteiger partial charge in [-0.25, -0.2) is 9.78 Å². The van der Waals surface area contributed by atoms with E-state index in [2.05, 4.69) is 16.1 Å². The van der Waals surface area contributed by atoms with Crippen LogP contribution >= 0.6 is 0 Å². The quantitative estimate of drug-likeness (QED) is 0.633. The number of pyridine rings is 1. The third-order valence-electron chi connectivity index (χ3n) is 4.59. The molecule has 0 radical (unpaired) electrons. The van der Waals surface area contributed by atoms with Crippen LogP contribution < -0.4 is 5.32 Å². The Hall–Kier alpha value is -3.74. The Morgan fingerprint density at radius 3 is 2.53 bits per heavy atom. The second kappa shape index (κ2) is 9.17. The average molecular weight is 406 g/mol. The topological polar surface area (TPSA) is 94.6 Å². The molecule has 3 aromatic rings. The third kappa shape index (κ3) is 4.81. The van der Waals surface area contributed by atoms with E-state index in [4.69, 9.17) is 9.72 Å². The fourth-order valence-electron chi connectivity index (χ4n) is 3.09. The normalized spacial score (nSPS) is 10.5. The first kappa shape index (κ1) is 21.0. The highest BCUT2D eigenvalue weighted by Gasteiger charge is 2.17. The number of aromatic nitrogens is 1. The molecule has 0 unspecified atom stereocenters. The Balaban J connectivity index is 1.88. The van der Waals surface area contributed by atoms with Crippen molar-refractivity contribution in [2.45, 2.75) is 13.8 Å². The second-order valence-electron chi connectivity index (χ2n) is 6.82. The summed E-state index contributed by atoms with van der Waals surface area (Å²) in [6, 6.07) is 14.9. The Morgan fingerprint density at radius 1 is 1.03 bits per heavy atom. The highest BCUT2D eigenvalue weighted by atomic mass is 16.5. The molecule has 1 N–H and O–H groups in total. The van der Waals surface area contributed by atoms with Crippen molar-refractivity contribution in [3.05, 3.63) is 65.2 Å². The van der Waals surface area contributed by atoms with E-state index in [0.29, 0.717) is 22.2 Å². The standard InChI is InChI=1S/C23H22N2O5/c1-14-8-9-16(15(2)10-14)20-11-18(17-6-4-5-7-19(17)25-20)23(28)30-13-21(26)24-12-22(27)29-3/h4-11H,12-13H2,1-3H3,(H,24,26). The first-order valence-corrected chi connectivity index (χ1v) is 9.37.